The average molecular weight is 424 g/mol. The lowest BCUT2D eigenvalue weighted by molar-refractivity contribution is 0.0784. The number of hydrogen-bond donors (Lipinski definition) is 1. The lowest BCUT2D eigenvalue weighted by atomic mass is 10.0. The maximum absolute atomic E-state index is 13.1. The van der Waals surface area contributed by atoms with Gasteiger partial charge in [-0.25, -0.2) is 8.42 Å². The Morgan fingerprint density at radius 2 is 1.67 bits per heavy atom. The third-order valence-corrected chi connectivity index (χ3v) is 7.21. The van der Waals surface area contributed by atoms with Crippen molar-refractivity contribution in [1.29, 1.82) is 0 Å². The Bertz CT molecular complexity index is 1160. The highest BCUT2D eigenvalue weighted by atomic mass is 32.2. The largest absolute Gasteiger partial charge is 0.360 e. The number of nitrogens with zero attached hydrogens (tertiary/aromatic N) is 2. The van der Waals surface area contributed by atoms with E-state index in [9.17, 15) is 13.2 Å². The minimum Gasteiger partial charge on any atom is -0.360 e. The molecule has 4 rings (SSSR count). The van der Waals surface area contributed by atoms with Gasteiger partial charge in [-0.3, -0.25) is 9.69 Å². The van der Waals surface area contributed by atoms with Crippen LogP contribution in [0.25, 0.3) is 17.0 Å². The van der Waals surface area contributed by atoms with E-state index >= 15 is 0 Å². The number of sulfonamides is 1. The number of nitrogens with one attached hydrogen (secondary N) is 1. The molecule has 6 nitrogen and oxygen atoms in total. The van der Waals surface area contributed by atoms with Crippen LogP contribution in [0.5, 0.6) is 0 Å². The third-order valence-electron chi connectivity index (χ3n) is 5.65. The zero-order valence-corrected chi connectivity index (χ0v) is 17.7. The van der Waals surface area contributed by atoms with Gasteiger partial charge in [-0.05, 0) is 24.6 Å². The SMILES string of the molecule is C[C@H](C(=O)c1c[nH]c2ccccc12)N1CCN(S(=O)(=O)/C=C/c2ccccc2)CC1. The first-order chi connectivity index (χ1) is 14.5. The summed E-state index contributed by atoms with van der Waals surface area (Å²) < 4.78 is 26.8. The molecule has 2 heterocycles. The number of piperazine rings is 1. The number of ketones is 1. The Hall–Kier alpha value is -2.74. The summed E-state index contributed by atoms with van der Waals surface area (Å²) in [5.41, 5.74) is 2.46. The number of hydrogen-bond acceptors (Lipinski definition) is 4. The molecule has 3 aromatic rings. The lowest BCUT2D eigenvalue weighted by Crippen LogP contribution is -2.52. The van der Waals surface area contributed by atoms with Gasteiger partial charge in [-0.2, -0.15) is 4.31 Å². The van der Waals surface area contributed by atoms with Crippen molar-refractivity contribution in [3.63, 3.8) is 0 Å². The van der Waals surface area contributed by atoms with E-state index in [2.05, 4.69) is 9.88 Å². The van der Waals surface area contributed by atoms with E-state index in [1.54, 1.807) is 12.3 Å². The fraction of sp³-hybridized carbons (Fsp3) is 0.261. The summed E-state index contributed by atoms with van der Waals surface area (Å²) >= 11 is 0. The van der Waals surface area contributed by atoms with Gasteiger partial charge >= 0.3 is 0 Å². The Balaban J connectivity index is 1.40. The molecule has 1 aromatic heterocycles. The van der Waals surface area contributed by atoms with E-state index in [0.717, 1.165) is 16.5 Å². The molecule has 0 spiro atoms. The highest BCUT2D eigenvalue weighted by molar-refractivity contribution is 7.92. The number of benzene rings is 2. The van der Waals surface area contributed by atoms with Crippen LogP contribution in [-0.4, -0.2) is 60.6 Å². The summed E-state index contributed by atoms with van der Waals surface area (Å²) in [4.78, 5) is 18.3. The van der Waals surface area contributed by atoms with Crippen molar-refractivity contribution < 1.29 is 13.2 Å². The number of rotatable bonds is 6. The number of aromatic nitrogens is 1. The van der Waals surface area contributed by atoms with Crippen LogP contribution in [0.3, 0.4) is 0 Å². The standard InChI is InChI=1S/C23H25N3O3S/c1-18(23(27)21-17-24-22-10-6-5-9-20(21)22)25-12-14-26(15-13-25)30(28,29)16-11-19-7-3-2-4-8-19/h2-11,16-18,24H,12-15H2,1H3/b16-11+/t18-/m1/s1. The van der Waals surface area contributed by atoms with Crippen LogP contribution >= 0.6 is 0 Å². The number of fused-ring (bicyclic) bond motifs is 1. The molecule has 0 bridgehead atoms. The Kier molecular flexibility index (Phi) is 5.85. The monoisotopic (exact) mass is 423 g/mol. The average Bonchev–Trinajstić information content (AvgIpc) is 3.22. The minimum absolute atomic E-state index is 0.0488. The Morgan fingerprint density at radius 3 is 2.40 bits per heavy atom. The molecule has 0 saturated carbocycles. The Labute approximate surface area is 176 Å². The van der Waals surface area contributed by atoms with E-state index in [4.69, 9.17) is 0 Å². The fourth-order valence-electron chi connectivity index (χ4n) is 3.83. The molecule has 1 N–H and O–H groups in total. The predicted molar refractivity (Wildman–Crippen MR) is 120 cm³/mol. The minimum atomic E-state index is -3.49. The molecule has 30 heavy (non-hydrogen) atoms. The smallest absolute Gasteiger partial charge is 0.236 e. The van der Waals surface area contributed by atoms with E-state index in [0.29, 0.717) is 31.7 Å². The van der Waals surface area contributed by atoms with E-state index in [-0.39, 0.29) is 11.8 Å². The molecule has 0 unspecified atom stereocenters. The first kappa shape index (κ1) is 20.5. The lowest BCUT2D eigenvalue weighted by Gasteiger charge is -2.36. The summed E-state index contributed by atoms with van der Waals surface area (Å²) in [5.74, 6) is 0.0488. The highest BCUT2D eigenvalue weighted by Gasteiger charge is 2.30. The number of carbonyl (C=O) groups excluding carboxylic acids is 1. The molecule has 7 heteroatoms. The first-order valence-electron chi connectivity index (χ1n) is 10.0. The topological polar surface area (TPSA) is 73.5 Å². The second-order valence-electron chi connectivity index (χ2n) is 7.48. The van der Waals surface area contributed by atoms with E-state index < -0.39 is 10.0 Å². The zero-order chi connectivity index (χ0) is 21.1. The normalized spacial score (nSPS) is 17.5. The Morgan fingerprint density at radius 1 is 1.00 bits per heavy atom. The van der Waals surface area contributed by atoms with Gasteiger partial charge in [0.1, 0.15) is 0 Å². The molecule has 0 radical (unpaired) electrons. The summed E-state index contributed by atoms with van der Waals surface area (Å²) in [6.07, 6.45) is 3.38. The highest BCUT2D eigenvalue weighted by Crippen LogP contribution is 2.21. The fourth-order valence-corrected chi connectivity index (χ4v) is 5.00. The quantitative estimate of drug-likeness (QED) is 0.617. The van der Waals surface area contributed by atoms with Gasteiger partial charge in [0.05, 0.1) is 6.04 Å². The van der Waals surface area contributed by atoms with Gasteiger partial charge < -0.3 is 4.98 Å². The summed E-state index contributed by atoms with van der Waals surface area (Å²) in [5, 5.41) is 2.18. The van der Waals surface area contributed by atoms with Crippen LogP contribution in [0.1, 0.15) is 22.8 Å². The molecule has 156 valence electrons. The van der Waals surface area contributed by atoms with Crippen LogP contribution in [0.4, 0.5) is 0 Å². The second kappa shape index (κ2) is 8.55. The zero-order valence-electron chi connectivity index (χ0n) is 16.9. The molecular formula is C23H25N3O3S. The summed E-state index contributed by atoms with van der Waals surface area (Å²) in [6, 6.07) is 16.8. The molecule has 1 saturated heterocycles. The van der Waals surface area contributed by atoms with Crippen molar-refractivity contribution in [1.82, 2.24) is 14.2 Å². The molecule has 0 amide bonds. The van der Waals surface area contributed by atoms with Crippen molar-refractivity contribution >= 4 is 32.8 Å². The van der Waals surface area contributed by atoms with Crippen molar-refractivity contribution in [2.45, 2.75) is 13.0 Å². The molecule has 1 atom stereocenters. The molecule has 1 aliphatic rings. The van der Waals surface area contributed by atoms with Crippen molar-refractivity contribution in [2.24, 2.45) is 0 Å². The van der Waals surface area contributed by atoms with E-state index in [1.165, 1.54) is 9.71 Å². The van der Waals surface area contributed by atoms with Crippen LogP contribution in [0.2, 0.25) is 0 Å². The molecule has 2 aromatic carbocycles. The van der Waals surface area contributed by atoms with Crippen LogP contribution in [0, 0.1) is 0 Å². The van der Waals surface area contributed by atoms with Gasteiger partial charge in [0.2, 0.25) is 10.0 Å². The van der Waals surface area contributed by atoms with E-state index in [1.807, 2.05) is 61.5 Å². The number of carbonyl (C=O) groups is 1. The van der Waals surface area contributed by atoms with Crippen molar-refractivity contribution in [3.8, 4) is 0 Å². The maximum atomic E-state index is 13.1. The predicted octanol–water partition coefficient (Wildman–Crippen LogP) is 3.36. The first-order valence-corrected chi connectivity index (χ1v) is 11.5. The van der Waals surface area contributed by atoms with Crippen LogP contribution in [-0.2, 0) is 10.0 Å². The summed E-state index contributed by atoms with van der Waals surface area (Å²) in [7, 11) is -3.49. The molecular weight excluding hydrogens is 398 g/mol. The van der Waals surface area contributed by atoms with Gasteiger partial charge in [0, 0.05) is 54.3 Å². The number of para-hydroxylation sites is 1. The van der Waals surface area contributed by atoms with Gasteiger partial charge in [0.25, 0.3) is 0 Å². The van der Waals surface area contributed by atoms with Gasteiger partial charge in [0.15, 0.2) is 5.78 Å². The number of aromatic amines is 1. The van der Waals surface area contributed by atoms with Gasteiger partial charge in [-0.15, -0.1) is 0 Å². The number of Topliss-reactive ketones (excluding diaryl/α,β-unsaturated/α-hetero) is 1. The number of H-pyrrole nitrogens is 1. The molecule has 0 aliphatic carbocycles. The van der Waals surface area contributed by atoms with Gasteiger partial charge in [-0.1, -0.05) is 48.5 Å². The molecule has 1 fully saturated rings. The van der Waals surface area contributed by atoms with Crippen LogP contribution in [0.15, 0.2) is 66.2 Å². The summed E-state index contributed by atoms with van der Waals surface area (Å²) in [6.45, 7) is 3.67. The second-order valence-corrected chi connectivity index (χ2v) is 9.30. The third kappa shape index (κ3) is 4.23. The van der Waals surface area contributed by atoms with Crippen LogP contribution < -0.4 is 0 Å². The molecule has 1 aliphatic heterocycles. The maximum Gasteiger partial charge on any atom is 0.236 e. The van der Waals surface area contributed by atoms with Crippen molar-refractivity contribution in [3.05, 3.63) is 77.3 Å². The van der Waals surface area contributed by atoms with Crippen molar-refractivity contribution in [2.75, 3.05) is 26.2 Å².